The fourth-order valence-corrected chi connectivity index (χ4v) is 4.08. The first-order chi connectivity index (χ1) is 16.4. The monoisotopic (exact) mass is 469 g/mol. The molecule has 0 fully saturated rings. The van der Waals surface area contributed by atoms with Crippen LogP contribution in [0.3, 0.4) is 0 Å². The summed E-state index contributed by atoms with van der Waals surface area (Å²) in [4.78, 5) is 15.4. The van der Waals surface area contributed by atoms with Gasteiger partial charge in [0, 0.05) is 24.2 Å². The van der Waals surface area contributed by atoms with Gasteiger partial charge in [-0.25, -0.2) is 0 Å². The molecule has 0 aromatic heterocycles. The topological polar surface area (TPSA) is 97.7 Å². The van der Waals surface area contributed by atoms with E-state index in [1.54, 1.807) is 24.3 Å². The second-order valence-electron chi connectivity index (χ2n) is 7.86. The van der Waals surface area contributed by atoms with Crippen LogP contribution in [0, 0.1) is 0 Å². The Bertz CT molecular complexity index is 1120. The standard InChI is InChI=1S/C26H31NO7/c1-27-12-10-16(11-13-27)22-18(15-28)14-21(32-3)23(24(22)30)19(29)8-6-17-7-9-20(31-2)26(34-5)25(17)33-4/h6-10,14,28,30H,11-13,15H2,1-5H3/b8-6+. The van der Waals surface area contributed by atoms with Crippen molar-refractivity contribution >= 4 is 17.4 Å². The lowest BCUT2D eigenvalue weighted by Crippen LogP contribution is -2.24. The average molecular weight is 470 g/mol. The van der Waals surface area contributed by atoms with E-state index in [1.807, 2.05) is 13.1 Å². The van der Waals surface area contributed by atoms with Gasteiger partial charge in [-0.1, -0.05) is 6.08 Å². The number of carbonyl (C=O) groups is 1. The second kappa shape index (κ2) is 11.1. The molecule has 0 aliphatic carbocycles. The maximum absolute atomic E-state index is 13.3. The molecule has 2 aromatic rings. The first kappa shape index (κ1) is 25.1. The fraction of sp³-hybridized carbons (Fsp3) is 0.346. The SMILES string of the molecule is COc1ccc(/C=C/C(=O)c2c(OC)cc(CO)c(C3=CCN(C)CC3)c2O)c(OC)c1OC. The lowest BCUT2D eigenvalue weighted by atomic mass is 9.90. The van der Waals surface area contributed by atoms with Gasteiger partial charge in [0.2, 0.25) is 5.75 Å². The van der Waals surface area contributed by atoms with Crippen molar-refractivity contribution < 1.29 is 34.0 Å². The highest BCUT2D eigenvalue weighted by Gasteiger charge is 2.25. The molecule has 8 heteroatoms. The predicted molar refractivity (Wildman–Crippen MR) is 130 cm³/mol. The largest absolute Gasteiger partial charge is 0.506 e. The number of carbonyl (C=O) groups excluding carboxylic acids is 1. The minimum absolute atomic E-state index is 0.0326. The molecule has 1 aliphatic rings. The quantitative estimate of drug-likeness (QED) is 0.425. The van der Waals surface area contributed by atoms with Crippen molar-refractivity contribution in [2.45, 2.75) is 13.0 Å². The molecule has 182 valence electrons. The van der Waals surface area contributed by atoms with Crippen LogP contribution in [0.15, 0.2) is 30.4 Å². The molecule has 0 atom stereocenters. The number of ether oxygens (including phenoxy) is 4. The summed E-state index contributed by atoms with van der Waals surface area (Å²) in [7, 11) is 7.96. The Labute approximate surface area is 199 Å². The van der Waals surface area contributed by atoms with Gasteiger partial charge in [-0.05, 0) is 55.0 Å². The van der Waals surface area contributed by atoms with E-state index in [-0.39, 0.29) is 23.7 Å². The van der Waals surface area contributed by atoms with Crippen LogP contribution in [-0.2, 0) is 6.61 Å². The number of phenolic OH excluding ortho intramolecular Hbond substituents is 1. The maximum atomic E-state index is 13.3. The third kappa shape index (κ3) is 4.88. The number of ketones is 1. The third-order valence-electron chi connectivity index (χ3n) is 5.87. The normalized spacial score (nSPS) is 14.1. The lowest BCUT2D eigenvalue weighted by Gasteiger charge is -2.25. The number of rotatable bonds is 9. The van der Waals surface area contributed by atoms with Crippen LogP contribution >= 0.6 is 0 Å². The van der Waals surface area contributed by atoms with Crippen LogP contribution in [0.5, 0.6) is 28.7 Å². The van der Waals surface area contributed by atoms with E-state index in [0.717, 1.165) is 12.1 Å². The van der Waals surface area contributed by atoms with E-state index in [2.05, 4.69) is 4.90 Å². The van der Waals surface area contributed by atoms with Crippen molar-refractivity contribution in [2.75, 3.05) is 48.6 Å². The number of aromatic hydroxyl groups is 1. The van der Waals surface area contributed by atoms with Crippen LogP contribution in [0.25, 0.3) is 11.6 Å². The summed E-state index contributed by atoms with van der Waals surface area (Å²) in [6.07, 6.45) is 5.61. The Balaban J connectivity index is 2.07. The summed E-state index contributed by atoms with van der Waals surface area (Å²) in [5, 5.41) is 21.1. The predicted octanol–water partition coefficient (Wildman–Crippen LogP) is 3.53. The van der Waals surface area contributed by atoms with Gasteiger partial charge >= 0.3 is 0 Å². The van der Waals surface area contributed by atoms with Crippen molar-refractivity contribution in [3.8, 4) is 28.7 Å². The van der Waals surface area contributed by atoms with Gasteiger partial charge in [-0.15, -0.1) is 0 Å². The first-order valence-corrected chi connectivity index (χ1v) is 10.8. The van der Waals surface area contributed by atoms with E-state index in [9.17, 15) is 15.0 Å². The van der Waals surface area contributed by atoms with Gasteiger partial charge in [0.05, 0.1) is 35.0 Å². The number of hydrogen-bond acceptors (Lipinski definition) is 8. The zero-order valence-corrected chi connectivity index (χ0v) is 20.2. The van der Waals surface area contributed by atoms with Crippen molar-refractivity contribution in [3.63, 3.8) is 0 Å². The molecule has 34 heavy (non-hydrogen) atoms. The molecule has 8 nitrogen and oxygen atoms in total. The summed E-state index contributed by atoms with van der Waals surface area (Å²) in [6, 6.07) is 5.06. The average Bonchev–Trinajstić information content (AvgIpc) is 2.86. The molecule has 0 saturated carbocycles. The molecule has 0 bridgehead atoms. The smallest absolute Gasteiger partial charge is 0.203 e. The Morgan fingerprint density at radius 3 is 2.32 bits per heavy atom. The Hall–Kier alpha value is -3.49. The van der Waals surface area contributed by atoms with Gasteiger partial charge in [-0.2, -0.15) is 0 Å². The molecule has 0 saturated heterocycles. The highest BCUT2D eigenvalue weighted by atomic mass is 16.5. The third-order valence-corrected chi connectivity index (χ3v) is 5.87. The number of allylic oxidation sites excluding steroid dienone is 1. The zero-order valence-electron chi connectivity index (χ0n) is 20.2. The Kier molecular flexibility index (Phi) is 8.20. The molecule has 0 unspecified atom stereocenters. The van der Waals surface area contributed by atoms with E-state index in [0.29, 0.717) is 46.9 Å². The highest BCUT2D eigenvalue weighted by molar-refractivity contribution is 6.11. The van der Waals surface area contributed by atoms with Gasteiger partial charge < -0.3 is 34.1 Å². The van der Waals surface area contributed by atoms with Crippen molar-refractivity contribution in [2.24, 2.45) is 0 Å². The van der Waals surface area contributed by atoms with Crippen LogP contribution < -0.4 is 18.9 Å². The molecule has 0 spiro atoms. The number of hydrogen-bond donors (Lipinski definition) is 2. The summed E-state index contributed by atoms with van der Waals surface area (Å²) in [6.45, 7) is 1.23. The number of aliphatic hydroxyl groups is 1. The van der Waals surface area contributed by atoms with Crippen molar-refractivity contribution in [1.29, 1.82) is 0 Å². The van der Waals surface area contributed by atoms with Gasteiger partial charge in [-0.3, -0.25) is 4.79 Å². The number of aliphatic hydroxyl groups excluding tert-OH is 1. The molecule has 1 aliphatic heterocycles. The van der Waals surface area contributed by atoms with Crippen LogP contribution in [0.1, 0.15) is 33.5 Å². The number of benzene rings is 2. The Morgan fingerprint density at radius 1 is 1.06 bits per heavy atom. The van der Waals surface area contributed by atoms with E-state index in [1.165, 1.54) is 34.5 Å². The number of phenols is 1. The molecule has 2 aromatic carbocycles. The minimum Gasteiger partial charge on any atom is -0.506 e. The zero-order chi connectivity index (χ0) is 24.8. The van der Waals surface area contributed by atoms with Gasteiger partial charge in [0.15, 0.2) is 17.3 Å². The summed E-state index contributed by atoms with van der Waals surface area (Å²) in [5.74, 6) is 0.850. The number of likely N-dealkylation sites (N-methyl/N-ethyl adjacent to an activating group) is 1. The first-order valence-electron chi connectivity index (χ1n) is 10.8. The molecule has 3 rings (SSSR count). The van der Waals surface area contributed by atoms with E-state index >= 15 is 0 Å². The van der Waals surface area contributed by atoms with E-state index < -0.39 is 5.78 Å². The molecule has 2 N–H and O–H groups in total. The fourth-order valence-electron chi connectivity index (χ4n) is 4.08. The van der Waals surface area contributed by atoms with Gasteiger partial charge in [0.1, 0.15) is 17.1 Å². The van der Waals surface area contributed by atoms with Crippen molar-refractivity contribution in [3.05, 3.63) is 52.6 Å². The molecule has 0 amide bonds. The van der Waals surface area contributed by atoms with Crippen molar-refractivity contribution in [1.82, 2.24) is 4.90 Å². The summed E-state index contributed by atoms with van der Waals surface area (Å²) < 4.78 is 21.6. The van der Waals surface area contributed by atoms with E-state index in [4.69, 9.17) is 18.9 Å². The molecular weight excluding hydrogens is 438 g/mol. The minimum atomic E-state index is -0.453. The van der Waals surface area contributed by atoms with Crippen LogP contribution in [-0.4, -0.2) is 69.5 Å². The van der Waals surface area contributed by atoms with Gasteiger partial charge in [0.25, 0.3) is 0 Å². The summed E-state index contributed by atoms with van der Waals surface area (Å²) >= 11 is 0. The molecule has 1 heterocycles. The lowest BCUT2D eigenvalue weighted by molar-refractivity contribution is 0.104. The molecule has 0 radical (unpaired) electrons. The van der Waals surface area contributed by atoms with Crippen LogP contribution in [0.2, 0.25) is 0 Å². The second-order valence-corrected chi connectivity index (χ2v) is 7.86. The maximum Gasteiger partial charge on any atom is 0.203 e. The summed E-state index contributed by atoms with van der Waals surface area (Å²) in [5.41, 5.74) is 2.51. The number of methoxy groups -OCH3 is 4. The molecular formula is C26H31NO7. The van der Waals surface area contributed by atoms with Crippen LogP contribution in [0.4, 0.5) is 0 Å². The highest BCUT2D eigenvalue weighted by Crippen LogP contribution is 2.42. The Morgan fingerprint density at radius 2 is 1.76 bits per heavy atom. The number of nitrogens with zero attached hydrogens (tertiary/aromatic N) is 1.